The Labute approximate surface area is 185 Å². The van der Waals surface area contributed by atoms with Crippen molar-refractivity contribution in [2.45, 2.75) is 53.1 Å². The summed E-state index contributed by atoms with van der Waals surface area (Å²) < 4.78 is 11.2. The van der Waals surface area contributed by atoms with Gasteiger partial charge in [-0.1, -0.05) is 51.0 Å². The van der Waals surface area contributed by atoms with Crippen LogP contribution in [0.25, 0.3) is 0 Å². The van der Waals surface area contributed by atoms with E-state index in [-0.39, 0.29) is 17.7 Å². The van der Waals surface area contributed by atoms with Crippen LogP contribution < -0.4 is 20.1 Å². The van der Waals surface area contributed by atoms with Crippen LogP contribution in [0.15, 0.2) is 42.5 Å². The number of carbonyl (C=O) groups excluding carboxylic acids is 2. The third kappa shape index (κ3) is 7.31. The highest BCUT2D eigenvalue weighted by molar-refractivity contribution is 5.97. The average molecular weight is 427 g/mol. The smallest absolute Gasteiger partial charge is 0.251 e. The predicted molar refractivity (Wildman–Crippen MR) is 123 cm³/mol. The van der Waals surface area contributed by atoms with Crippen molar-refractivity contribution in [2.75, 3.05) is 13.7 Å². The van der Waals surface area contributed by atoms with Crippen molar-refractivity contribution in [1.29, 1.82) is 0 Å². The van der Waals surface area contributed by atoms with Crippen molar-refractivity contribution >= 4 is 11.8 Å². The number of carbonyl (C=O) groups is 2. The minimum atomic E-state index is -0.632. The number of unbranched alkanes of at least 4 members (excludes halogenated alkanes) is 1. The predicted octanol–water partition coefficient (Wildman–Crippen LogP) is 4.25. The van der Waals surface area contributed by atoms with Crippen LogP contribution in [-0.4, -0.2) is 31.6 Å². The van der Waals surface area contributed by atoms with Gasteiger partial charge in [0.05, 0.1) is 13.7 Å². The summed E-state index contributed by atoms with van der Waals surface area (Å²) in [6.07, 6.45) is 2.04. The summed E-state index contributed by atoms with van der Waals surface area (Å²) in [5.74, 6) is 0.785. The summed E-state index contributed by atoms with van der Waals surface area (Å²) >= 11 is 0. The minimum Gasteiger partial charge on any atom is -0.493 e. The molecule has 0 radical (unpaired) electrons. The Morgan fingerprint density at radius 3 is 2.35 bits per heavy atom. The zero-order valence-corrected chi connectivity index (χ0v) is 19.2. The molecular weight excluding hydrogens is 392 g/mol. The third-order valence-corrected chi connectivity index (χ3v) is 5.00. The molecule has 2 aromatic rings. The molecule has 168 valence electrons. The first-order valence-electron chi connectivity index (χ1n) is 10.8. The van der Waals surface area contributed by atoms with Crippen LogP contribution in [0.5, 0.6) is 11.5 Å². The molecule has 6 heteroatoms. The first-order chi connectivity index (χ1) is 14.8. The van der Waals surface area contributed by atoms with Gasteiger partial charge in [-0.05, 0) is 49.1 Å². The Kier molecular flexibility index (Phi) is 9.38. The van der Waals surface area contributed by atoms with Gasteiger partial charge in [-0.2, -0.15) is 0 Å². The van der Waals surface area contributed by atoms with Gasteiger partial charge in [0.1, 0.15) is 6.04 Å². The molecule has 0 bridgehead atoms. The zero-order valence-electron chi connectivity index (χ0n) is 19.2. The highest BCUT2D eigenvalue weighted by atomic mass is 16.5. The van der Waals surface area contributed by atoms with Crippen LogP contribution in [0.4, 0.5) is 0 Å². The van der Waals surface area contributed by atoms with Gasteiger partial charge in [0.15, 0.2) is 11.5 Å². The van der Waals surface area contributed by atoms with Crippen LogP contribution in [0.1, 0.15) is 55.1 Å². The summed E-state index contributed by atoms with van der Waals surface area (Å²) in [7, 11) is 1.60. The van der Waals surface area contributed by atoms with Gasteiger partial charge in [0.25, 0.3) is 5.91 Å². The maximum absolute atomic E-state index is 12.8. The van der Waals surface area contributed by atoms with E-state index in [1.54, 1.807) is 19.2 Å². The Morgan fingerprint density at radius 2 is 1.74 bits per heavy atom. The number of hydrogen-bond donors (Lipinski definition) is 2. The molecule has 0 aromatic heterocycles. The second-order valence-electron chi connectivity index (χ2n) is 7.97. The van der Waals surface area contributed by atoms with Crippen molar-refractivity contribution in [3.8, 4) is 11.5 Å². The summed E-state index contributed by atoms with van der Waals surface area (Å²) in [4.78, 5) is 25.4. The standard InChI is InChI=1S/C25H34N2O4/c1-6-7-14-31-21-13-10-19(15-22(21)30-5)16-26-25(29)23(17(2)3)27-24(28)20-11-8-18(4)9-12-20/h8-13,15,17,23H,6-7,14,16H2,1-5H3,(H,26,29)(H,27,28). The van der Waals surface area contributed by atoms with Gasteiger partial charge in [-0.3, -0.25) is 9.59 Å². The second-order valence-corrected chi connectivity index (χ2v) is 7.97. The molecule has 1 atom stereocenters. The van der Waals surface area contributed by atoms with E-state index in [1.807, 2.05) is 51.1 Å². The van der Waals surface area contributed by atoms with Gasteiger partial charge >= 0.3 is 0 Å². The molecule has 0 heterocycles. The van der Waals surface area contributed by atoms with E-state index in [0.717, 1.165) is 24.0 Å². The number of ether oxygens (including phenoxy) is 2. The third-order valence-electron chi connectivity index (χ3n) is 5.00. The van der Waals surface area contributed by atoms with Crippen LogP contribution >= 0.6 is 0 Å². The maximum atomic E-state index is 12.8. The highest BCUT2D eigenvalue weighted by Crippen LogP contribution is 2.28. The van der Waals surface area contributed by atoms with Crippen molar-refractivity contribution in [2.24, 2.45) is 5.92 Å². The number of aryl methyl sites for hydroxylation is 1. The molecule has 2 aromatic carbocycles. The van der Waals surface area contributed by atoms with Crippen LogP contribution in [-0.2, 0) is 11.3 Å². The van der Waals surface area contributed by atoms with E-state index in [2.05, 4.69) is 17.6 Å². The zero-order chi connectivity index (χ0) is 22.8. The summed E-state index contributed by atoms with van der Waals surface area (Å²) in [5, 5.41) is 5.77. The van der Waals surface area contributed by atoms with Gasteiger partial charge in [-0.15, -0.1) is 0 Å². The highest BCUT2D eigenvalue weighted by Gasteiger charge is 2.24. The lowest BCUT2D eigenvalue weighted by molar-refractivity contribution is -0.124. The lowest BCUT2D eigenvalue weighted by Crippen LogP contribution is -2.49. The quantitative estimate of drug-likeness (QED) is 0.527. The minimum absolute atomic E-state index is 0.0572. The van der Waals surface area contributed by atoms with E-state index in [0.29, 0.717) is 30.2 Å². The Bertz CT molecular complexity index is 862. The molecular formula is C25H34N2O4. The molecule has 0 aliphatic carbocycles. The van der Waals surface area contributed by atoms with Crippen LogP contribution in [0, 0.1) is 12.8 Å². The van der Waals surface area contributed by atoms with Crippen molar-refractivity contribution in [3.05, 3.63) is 59.2 Å². The fourth-order valence-corrected chi connectivity index (χ4v) is 3.03. The fraction of sp³-hybridized carbons (Fsp3) is 0.440. The SMILES string of the molecule is CCCCOc1ccc(CNC(=O)C(NC(=O)c2ccc(C)cc2)C(C)C)cc1OC. The van der Waals surface area contributed by atoms with Gasteiger partial charge in [0, 0.05) is 12.1 Å². The number of nitrogens with one attached hydrogen (secondary N) is 2. The first kappa shape index (κ1) is 24.3. The first-order valence-corrected chi connectivity index (χ1v) is 10.8. The van der Waals surface area contributed by atoms with E-state index in [1.165, 1.54) is 0 Å². The van der Waals surface area contributed by atoms with Crippen molar-refractivity contribution in [3.63, 3.8) is 0 Å². The molecule has 1 unspecified atom stereocenters. The number of rotatable bonds is 11. The van der Waals surface area contributed by atoms with Crippen LogP contribution in [0.2, 0.25) is 0 Å². The number of hydrogen-bond acceptors (Lipinski definition) is 4. The number of amides is 2. The molecule has 2 amide bonds. The van der Waals surface area contributed by atoms with Crippen molar-refractivity contribution in [1.82, 2.24) is 10.6 Å². The van der Waals surface area contributed by atoms with Gasteiger partial charge in [0.2, 0.25) is 5.91 Å². The molecule has 0 aliphatic heterocycles. The van der Waals surface area contributed by atoms with E-state index in [4.69, 9.17) is 9.47 Å². The molecule has 0 saturated carbocycles. The Morgan fingerprint density at radius 1 is 1.03 bits per heavy atom. The Balaban J connectivity index is 1.99. The topological polar surface area (TPSA) is 76.7 Å². The normalized spacial score (nSPS) is 11.7. The molecule has 0 saturated heterocycles. The molecule has 6 nitrogen and oxygen atoms in total. The molecule has 0 fully saturated rings. The number of methoxy groups -OCH3 is 1. The van der Waals surface area contributed by atoms with Crippen molar-refractivity contribution < 1.29 is 19.1 Å². The molecule has 0 aliphatic rings. The van der Waals surface area contributed by atoms with E-state index < -0.39 is 6.04 Å². The second kappa shape index (κ2) is 12.0. The summed E-state index contributed by atoms with van der Waals surface area (Å²) in [6, 6.07) is 12.3. The van der Waals surface area contributed by atoms with E-state index in [9.17, 15) is 9.59 Å². The number of benzene rings is 2. The monoisotopic (exact) mass is 426 g/mol. The maximum Gasteiger partial charge on any atom is 0.251 e. The molecule has 2 rings (SSSR count). The average Bonchev–Trinajstić information content (AvgIpc) is 2.76. The lowest BCUT2D eigenvalue weighted by atomic mass is 10.0. The molecule has 31 heavy (non-hydrogen) atoms. The fourth-order valence-electron chi connectivity index (χ4n) is 3.03. The van der Waals surface area contributed by atoms with Crippen LogP contribution in [0.3, 0.4) is 0 Å². The lowest BCUT2D eigenvalue weighted by Gasteiger charge is -2.22. The largest absolute Gasteiger partial charge is 0.493 e. The summed E-state index contributed by atoms with van der Waals surface area (Å²) in [5.41, 5.74) is 2.50. The van der Waals surface area contributed by atoms with Gasteiger partial charge < -0.3 is 20.1 Å². The van der Waals surface area contributed by atoms with Gasteiger partial charge in [-0.25, -0.2) is 0 Å². The summed E-state index contributed by atoms with van der Waals surface area (Å²) in [6.45, 7) is 8.86. The van der Waals surface area contributed by atoms with E-state index >= 15 is 0 Å². The Hall–Kier alpha value is -3.02. The molecule has 2 N–H and O–H groups in total. The molecule has 0 spiro atoms.